The van der Waals surface area contributed by atoms with E-state index in [1.807, 2.05) is 24.3 Å². The molecule has 1 aromatic heterocycles. The van der Waals surface area contributed by atoms with Crippen LogP contribution in [-0.4, -0.2) is 42.5 Å². The number of benzene rings is 2. The molecule has 0 saturated carbocycles. The van der Waals surface area contributed by atoms with Gasteiger partial charge in [-0.05, 0) is 73.6 Å². The largest absolute Gasteiger partial charge is 0.347 e. The van der Waals surface area contributed by atoms with Gasteiger partial charge < -0.3 is 20.9 Å². The van der Waals surface area contributed by atoms with E-state index in [9.17, 15) is 9.59 Å². The minimum atomic E-state index is -0.412. The minimum absolute atomic E-state index is 0.0189. The first-order chi connectivity index (χ1) is 15.4. The SMILES string of the molecule is O=C(Nc1ccc2cc(C(=O)N[C@H]3CN4CCC3CC4)sc2c1)Nc1ccc(Cl)cc1Cl. The number of hydrogen-bond donors (Lipinski definition) is 3. The van der Waals surface area contributed by atoms with E-state index >= 15 is 0 Å². The minimum Gasteiger partial charge on any atom is -0.347 e. The molecule has 9 heteroatoms. The highest BCUT2D eigenvalue weighted by atomic mass is 35.5. The number of rotatable bonds is 4. The molecule has 3 amide bonds. The van der Waals surface area contributed by atoms with Gasteiger partial charge in [0.2, 0.25) is 0 Å². The summed E-state index contributed by atoms with van der Waals surface area (Å²) in [6, 6.07) is 12.2. The second-order valence-corrected chi connectivity index (χ2v) is 10.2. The predicted octanol–water partition coefficient (Wildman–Crippen LogP) is 5.68. The van der Waals surface area contributed by atoms with Gasteiger partial charge in [-0.25, -0.2) is 4.79 Å². The quantitative estimate of drug-likeness (QED) is 0.442. The van der Waals surface area contributed by atoms with Crippen molar-refractivity contribution >= 4 is 67.9 Å². The molecule has 3 saturated heterocycles. The molecule has 2 bridgehead atoms. The predicted molar refractivity (Wildman–Crippen MR) is 131 cm³/mol. The van der Waals surface area contributed by atoms with Crippen LogP contribution in [0.15, 0.2) is 42.5 Å². The standard InChI is InChI=1S/C23H22Cl2N4O2S/c24-15-2-4-18(17(25)10-15)28-23(31)26-16-3-1-14-9-21(32-20(14)11-16)22(30)27-19-12-29-7-5-13(19)6-8-29/h1-4,9-11,13,19H,5-8,12H2,(H,27,30)(H2,26,28,31)/t19-/m0/s1. The summed E-state index contributed by atoms with van der Waals surface area (Å²) in [7, 11) is 0. The van der Waals surface area contributed by atoms with Crippen LogP contribution in [0, 0.1) is 5.92 Å². The number of anilines is 2. The maximum Gasteiger partial charge on any atom is 0.323 e. The van der Waals surface area contributed by atoms with Crippen LogP contribution in [0.3, 0.4) is 0 Å². The molecule has 3 aliphatic heterocycles. The summed E-state index contributed by atoms with van der Waals surface area (Å²) in [5, 5.41) is 10.6. The van der Waals surface area contributed by atoms with E-state index in [2.05, 4.69) is 20.9 Å². The topological polar surface area (TPSA) is 73.5 Å². The molecule has 6 rings (SSSR count). The van der Waals surface area contributed by atoms with E-state index in [0.29, 0.717) is 32.2 Å². The van der Waals surface area contributed by atoms with Gasteiger partial charge in [0.05, 0.1) is 15.6 Å². The summed E-state index contributed by atoms with van der Waals surface area (Å²) in [6.07, 6.45) is 2.32. The van der Waals surface area contributed by atoms with Gasteiger partial charge in [-0.3, -0.25) is 4.79 Å². The number of urea groups is 1. The summed E-state index contributed by atoms with van der Waals surface area (Å²) in [5.74, 6) is 0.566. The van der Waals surface area contributed by atoms with Crippen molar-refractivity contribution in [3.8, 4) is 0 Å². The number of fused-ring (bicyclic) bond motifs is 4. The molecule has 3 aromatic rings. The van der Waals surface area contributed by atoms with Gasteiger partial charge in [-0.1, -0.05) is 29.3 Å². The van der Waals surface area contributed by atoms with Crippen molar-refractivity contribution < 1.29 is 9.59 Å². The summed E-state index contributed by atoms with van der Waals surface area (Å²) in [5.41, 5.74) is 1.10. The van der Waals surface area contributed by atoms with E-state index in [1.54, 1.807) is 18.2 Å². The van der Waals surface area contributed by atoms with Crippen LogP contribution in [0.1, 0.15) is 22.5 Å². The van der Waals surface area contributed by atoms with Crippen LogP contribution in [0.25, 0.3) is 10.1 Å². The molecule has 6 nitrogen and oxygen atoms in total. The summed E-state index contributed by atoms with van der Waals surface area (Å²) in [6.45, 7) is 3.24. The van der Waals surface area contributed by atoms with Crippen molar-refractivity contribution in [3.63, 3.8) is 0 Å². The number of piperidine rings is 3. The van der Waals surface area contributed by atoms with Crippen molar-refractivity contribution in [2.45, 2.75) is 18.9 Å². The zero-order valence-corrected chi connectivity index (χ0v) is 19.5. The van der Waals surface area contributed by atoms with E-state index in [0.717, 1.165) is 42.6 Å². The lowest BCUT2D eigenvalue weighted by atomic mass is 9.84. The third-order valence-electron chi connectivity index (χ3n) is 6.15. The number of nitrogens with zero attached hydrogens (tertiary/aromatic N) is 1. The van der Waals surface area contributed by atoms with Gasteiger partial charge in [0.25, 0.3) is 5.91 Å². The molecule has 32 heavy (non-hydrogen) atoms. The second kappa shape index (κ2) is 8.90. The van der Waals surface area contributed by atoms with Crippen molar-refractivity contribution in [1.29, 1.82) is 0 Å². The van der Waals surface area contributed by atoms with Crippen molar-refractivity contribution in [2.24, 2.45) is 5.92 Å². The average Bonchev–Trinajstić information content (AvgIpc) is 3.20. The molecule has 3 aliphatic rings. The van der Waals surface area contributed by atoms with E-state index in [4.69, 9.17) is 23.2 Å². The monoisotopic (exact) mass is 488 g/mol. The zero-order chi connectivity index (χ0) is 22.2. The fourth-order valence-electron chi connectivity index (χ4n) is 4.46. The Hall–Kier alpha value is -2.32. The van der Waals surface area contributed by atoms with Crippen molar-refractivity contribution in [1.82, 2.24) is 10.2 Å². The third kappa shape index (κ3) is 4.57. The Labute approximate surface area is 199 Å². The molecule has 2 aromatic carbocycles. The van der Waals surface area contributed by atoms with Crippen LogP contribution in [0.5, 0.6) is 0 Å². The van der Waals surface area contributed by atoms with Gasteiger partial charge in [0, 0.05) is 28.0 Å². The first-order valence-electron chi connectivity index (χ1n) is 10.5. The first-order valence-corrected chi connectivity index (χ1v) is 12.1. The lowest BCUT2D eigenvalue weighted by Gasteiger charge is -2.44. The Kier molecular flexibility index (Phi) is 5.99. The molecule has 0 radical (unpaired) electrons. The maximum absolute atomic E-state index is 12.9. The Morgan fingerprint density at radius 1 is 1.00 bits per heavy atom. The third-order valence-corrected chi connectivity index (χ3v) is 7.80. The van der Waals surface area contributed by atoms with Gasteiger partial charge in [0.1, 0.15) is 0 Å². The van der Waals surface area contributed by atoms with Gasteiger partial charge >= 0.3 is 6.03 Å². The summed E-state index contributed by atoms with van der Waals surface area (Å²) >= 11 is 13.4. The van der Waals surface area contributed by atoms with Gasteiger partial charge in [-0.15, -0.1) is 11.3 Å². The number of carbonyl (C=O) groups is 2. The molecule has 0 unspecified atom stereocenters. The van der Waals surface area contributed by atoms with Crippen LogP contribution in [-0.2, 0) is 0 Å². The molecule has 3 fully saturated rings. The number of carbonyl (C=O) groups excluding carboxylic acids is 2. The van der Waals surface area contributed by atoms with Crippen molar-refractivity contribution in [3.05, 3.63) is 57.4 Å². The fraction of sp³-hybridized carbons (Fsp3) is 0.304. The van der Waals surface area contributed by atoms with Crippen LogP contribution >= 0.6 is 34.5 Å². The highest BCUT2D eigenvalue weighted by Gasteiger charge is 2.35. The van der Waals surface area contributed by atoms with E-state index in [-0.39, 0.29) is 11.9 Å². The fourth-order valence-corrected chi connectivity index (χ4v) is 5.93. The molecule has 0 aliphatic carbocycles. The Morgan fingerprint density at radius 2 is 1.81 bits per heavy atom. The summed E-state index contributed by atoms with van der Waals surface area (Å²) < 4.78 is 0.936. The van der Waals surface area contributed by atoms with Crippen LogP contribution in [0.4, 0.5) is 16.2 Å². The molecule has 3 N–H and O–H groups in total. The molecule has 4 heterocycles. The summed E-state index contributed by atoms with van der Waals surface area (Å²) in [4.78, 5) is 28.3. The molecule has 0 spiro atoms. The number of halogens is 2. The number of thiophene rings is 1. The normalized spacial score (nSPS) is 22.0. The smallest absolute Gasteiger partial charge is 0.323 e. The van der Waals surface area contributed by atoms with E-state index < -0.39 is 6.03 Å². The highest BCUT2D eigenvalue weighted by Crippen LogP contribution is 2.31. The number of amides is 3. The molecular weight excluding hydrogens is 467 g/mol. The molecule has 1 atom stereocenters. The van der Waals surface area contributed by atoms with Crippen molar-refractivity contribution in [2.75, 3.05) is 30.3 Å². The molecular formula is C23H22Cl2N4O2S. The molecule has 166 valence electrons. The van der Waals surface area contributed by atoms with Gasteiger partial charge in [0.15, 0.2) is 0 Å². The Morgan fingerprint density at radius 3 is 2.53 bits per heavy atom. The Bertz CT molecular complexity index is 1190. The van der Waals surface area contributed by atoms with Crippen LogP contribution in [0.2, 0.25) is 10.0 Å². The highest BCUT2D eigenvalue weighted by molar-refractivity contribution is 7.20. The second-order valence-electron chi connectivity index (χ2n) is 8.28. The Balaban J connectivity index is 1.25. The van der Waals surface area contributed by atoms with Crippen LogP contribution < -0.4 is 16.0 Å². The lowest BCUT2D eigenvalue weighted by Crippen LogP contribution is -2.57. The van der Waals surface area contributed by atoms with Gasteiger partial charge in [-0.2, -0.15) is 0 Å². The number of nitrogens with one attached hydrogen (secondary N) is 3. The van der Waals surface area contributed by atoms with E-state index in [1.165, 1.54) is 11.3 Å². The zero-order valence-electron chi connectivity index (χ0n) is 17.2. The first kappa shape index (κ1) is 21.5. The lowest BCUT2D eigenvalue weighted by molar-refractivity contribution is 0.0622. The maximum atomic E-state index is 12.9. The number of hydrogen-bond acceptors (Lipinski definition) is 4. The average molecular weight is 489 g/mol.